The molecule has 0 bridgehead atoms. The lowest BCUT2D eigenvalue weighted by Gasteiger charge is -2.31. The topological polar surface area (TPSA) is 55.4 Å². The molecular formula is C12H25NO3S. The van der Waals surface area contributed by atoms with Crippen LogP contribution in [0.25, 0.3) is 0 Å². The Balaban J connectivity index is 2.21. The van der Waals surface area contributed by atoms with Crippen molar-refractivity contribution in [2.24, 2.45) is 0 Å². The second-order valence-corrected chi connectivity index (χ2v) is 7.15. The molecule has 0 amide bonds. The highest BCUT2D eigenvalue weighted by atomic mass is 32.2. The SMILES string of the molecule is CCS(=O)(=O)CCCOC1CCCCC1NC. The zero-order chi connectivity index (χ0) is 12.7. The molecule has 2 atom stereocenters. The van der Waals surface area contributed by atoms with E-state index in [1.54, 1.807) is 6.92 Å². The monoisotopic (exact) mass is 263 g/mol. The van der Waals surface area contributed by atoms with Crippen LogP contribution in [0.15, 0.2) is 0 Å². The van der Waals surface area contributed by atoms with Crippen LogP contribution in [-0.2, 0) is 14.6 Å². The van der Waals surface area contributed by atoms with Gasteiger partial charge >= 0.3 is 0 Å². The van der Waals surface area contributed by atoms with Gasteiger partial charge in [0.25, 0.3) is 0 Å². The molecule has 102 valence electrons. The van der Waals surface area contributed by atoms with Crippen LogP contribution in [0.4, 0.5) is 0 Å². The third kappa shape index (κ3) is 5.36. The summed E-state index contributed by atoms with van der Waals surface area (Å²) in [6.45, 7) is 2.25. The Kier molecular flexibility index (Phi) is 6.44. The molecule has 0 saturated heterocycles. The Labute approximate surface area is 105 Å². The van der Waals surface area contributed by atoms with Gasteiger partial charge in [0, 0.05) is 18.4 Å². The number of sulfone groups is 1. The van der Waals surface area contributed by atoms with Crippen LogP contribution in [0.2, 0.25) is 0 Å². The Hall–Kier alpha value is -0.130. The van der Waals surface area contributed by atoms with E-state index >= 15 is 0 Å². The van der Waals surface area contributed by atoms with Gasteiger partial charge in [0.15, 0.2) is 0 Å². The predicted octanol–water partition coefficient (Wildman–Crippen LogP) is 1.36. The van der Waals surface area contributed by atoms with E-state index in [0.29, 0.717) is 19.1 Å². The molecule has 2 unspecified atom stereocenters. The van der Waals surface area contributed by atoms with Crippen molar-refractivity contribution in [1.82, 2.24) is 5.32 Å². The number of likely N-dealkylation sites (N-methyl/N-ethyl adjacent to an activating group) is 1. The molecule has 0 aliphatic heterocycles. The Morgan fingerprint density at radius 1 is 1.29 bits per heavy atom. The fourth-order valence-electron chi connectivity index (χ4n) is 2.28. The quantitative estimate of drug-likeness (QED) is 0.705. The molecule has 1 N–H and O–H groups in total. The summed E-state index contributed by atoms with van der Waals surface area (Å²) in [6, 6.07) is 0.437. The highest BCUT2D eigenvalue weighted by Gasteiger charge is 2.24. The van der Waals surface area contributed by atoms with Crippen LogP contribution in [0.3, 0.4) is 0 Å². The van der Waals surface area contributed by atoms with Gasteiger partial charge in [0.05, 0.1) is 11.9 Å². The predicted molar refractivity (Wildman–Crippen MR) is 70.0 cm³/mol. The summed E-state index contributed by atoms with van der Waals surface area (Å²) >= 11 is 0. The van der Waals surface area contributed by atoms with Crippen LogP contribution in [-0.4, -0.2) is 45.7 Å². The standard InChI is InChI=1S/C12H25NO3S/c1-3-17(14,15)10-6-9-16-12-8-5-4-7-11(12)13-2/h11-13H,3-10H2,1-2H3. The van der Waals surface area contributed by atoms with Gasteiger partial charge in [-0.3, -0.25) is 0 Å². The highest BCUT2D eigenvalue weighted by molar-refractivity contribution is 7.91. The molecule has 17 heavy (non-hydrogen) atoms. The lowest BCUT2D eigenvalue weighted by atomic mass is 9.92. The zero-order valence-electron chi connectivity index (χ0n) is 10.9. The van der Waals surface area contributed by atoms with Gasteiger partial charge in [-0.2, -0.15) is 0 Å². The second-order valence-electron chi connectivity index (χ2n) is 4.68. The van der Waals surface area contributed by atoms with E-state index in [1.807, 2.05) is 7.05 Å². The van der Waals surface area contributed by atoms with Gasteiger partial charge < -0.3 is 10.1 Å². The number of rotatable bonds is 7. The van der Waals surface area contributed by atoms with E-state index in [1.165, 1.54) is 12.8 Å². The summed E-state index contributed by atoms with van der Waals surface area (Å²) in [5, 5.41) is 3.28. The van der Waals surface area contributed by atoms with Gasteiger partial charge in [-0.1, -0.05) is 19.8 Å². The molecule has 1 fully saturated rings. The molecule has 1 rings (SSSR count). The molecule has 0 aromatic heterocycles. The number of hydrogen-bond acceptors (Lipinski definition) is 4. The molecule has 0 aromatic rings. The molecule has 1 saturated carbocycles. The number of ether oxygens (including phenoxy) is 1. The third-order valence-corrected chi connectivity index (χ3v) is 5.24. The first-order valence-corrected chi connectivity index (χ1v) is 8.40. The van der Waals surface area contributed by atoms with Crippen molar-refractivity contribution in [3.8, 4) is 0 Å². The minimum atomic E-state index is -2.84. The van der Waals surface area contributed by atoms with E-state index in [0.717, 1.165) is 12.8 Å². The molecule has 1 aliphatic carbocycles. The molecule has 0 aromatic carbocycles. The summed E-state index contributed by atoms with van der Waals surface area (Å²) in [7, 11) is -0.871. The molecule has 4 nitrogen and oxygen atoms in total. The maximum absolute atomic E-state index is 11.3. The lowest BCUT2D eigenvalue weighted by Crippen LogP contribution is -2.41. The smallest absolute Gasteiger partial charge is 0.150 e. The zero-order valence-corrected chi connectivity index (χ0v) is 11.8. The summed E-state index contributed by atoms with van der Waals surface area (Å²) < 4.78 is 28.4. The average molecular weight is 263 g/mol. The second kappa shape index (κ2) is 7.34. The molecule has 0 radical (unpaired) electrons. The van der Waals surface area contributed by atoms with Gasteiger partial charge in [-0.15, -0.1) is 0 Å². The van der Waals surface area contributed by atoms with Crippen molar-refractivity contribution in [2.75, 3.05) is 25.2 Å². The van der Waals surface area contributed by atoms with Gasteiger partial charge in [-0.05, 0) is 26.3 Å². The molecular weight excluding hydrogens is 238 g/mol. The van der Waals surface area contributed by atoms with Crippen molar-refractivity contribution in [2.45, 2.75) is 51.2 Å². The highest BCUT2D eigenvalue weighted by Crippen LogP contribution is 2.21. The lowest BCUT2D eigenvalue weighted by molar-refractivity contribution is 0.00776. The Bertz CT molecular complexity index is 303. The summed E-state index contributed by atoms with van der Waals surface area (Å²) in [5.41, 5.74) is 0. The van der Waals surface area contributed by atoms with Crippen molar-refractivity contribution in [1.29, 1.82) is 0 Å². The molecule has 0 spiro atoms. The molecule has 0 heterocycles. The fourth-order valence-corrected chi connectivity index (χ4v) is 3.13. The van der Waals surface area contributed by atoms with Gasteiger partial charge in [-0.25, -0.2) is 8.42 Å². The summed E-state index contributed by atoms with van der Waals surface area (Å²) in [5.74, 6) is 0.482. The minimum Gasteiger partial charge on any atom is -0.377 e. The van der Waals surface area contributed by atoms with E-state index in [4.69, 9.17) is 4.74 Å². The van der Waals surface area contributed by atoms with Crippen molar-refractivity contribution >= 4 is 9.84 Å². The molecule has 5 heteroatoms. The van der Waals surface area contributed by atoms with Crippen molar-refractivity contribution in [3.05, 3.63) is 0 Å². The first kappa shape index (κ1) is 14.9. The van der Waals surface area contributed by atoms with E-state index in [9.17, 15) is 8.42 Å². The number of nitrogens with one attached hydrogen (secondary N) is 1. The first-order valence-electron chi connectivity index (χ1n) is 6.58. The van der Waals surface area contributed by atoms with E-state index in [2.05, 4.69) is 5.32 Å². The van der Waals surface area contributed by atoms with Crippen molar-refractivity contribution in [3.63, 3.8) is 0 Å². The van der Waals surface area contributed by atoms with Crippen molar-refractivity contribution < 1.29 is 13.2 Å². The summed E-state index contributed by atoms with van der Waals surface area (Å²) in [6.07, 6.45) is 5.60. The van der Waals surface area contributed by atoms with Gasteiger partial charge in [0.1, 0.15) is 9.84 Å². The van der Waals surface area contributed by atoms with E-state index < -0.39 is 9.84 Å². The fraction of sp³-hybridized carbons (Fsp3) is 1.00. The maximum atomic E-state index is 11.3. The van der Waals surface area contributed by atoms with Gasteiger partial charge in [0.2, 0.25) is 0 Å². The third-order valence-electron chi connectivity index (χ3n) is 3.44. The number of hydrogen-bond donors (Lipinski definition) is 1. The van der Waals surface area contributed by atoms with Crippen LogP contribution in [0.1, 0.15) is 39.0 Å². The van der Waals surface area contributed by atoms with Crippen LogP contribution in [0, 0.1) is 0 Å². The average Bonchev–Trinajstić information content (AvgIpc) is 2.35. The Morgan fingerprint density at radius 3 is 2.65 bits per heavy atom. The van der Waals surface area contributed by atoms with Crippen LogP contribution >= 0.6 is 0 Å². The van der Waals surface area contributed by atoms with Crippen LogP contribution < -0.4 is 5.32 Å². The Morgan fingerprint density at radius 2 is 2.00 bits per heavy atom. The molecule has 1 aliphatic rings. The largest absolute Gasteiger partial charge is 0.377 e. The van der Waals surface area contributed by atoms with Crippen LogP contribution in [0.5, 0.6) is 0 Å². The normalized spacial score (nSPS) is 26.0. The summed E-state index contributed by atoms with van der Waals surface area (Å²) in [4.78, 5) is 0. The van der Waals surface area contributed by atoms with E-state index in [-0.39, 0.29) is 17.6 Å². The first-order chi connectivity index (χ1) is 8.09. The maximum Gasteiger partial charge on any atom is 0.150 e. The minimum absolute atomic E-state index is 0.232.